The molecule has 0 spiro atoms. The van der Waals surface area contributed by atoms with Crippen LogP contribution in [0.4, 0.5) is 10.5 Å². The van der Waals surface area contributed by atoms with E-state index in [1.165, 1.54) is 0 Å². The van der Waals surface area contributed by atoms with E-state index in [0.29, 0.717) is 19.5 Å². The molecule has 4 heteroatoms. The molecule has 0 saturated heterocycles. The molecule has 0 heterocycles. The molecule has 0 fully saturated rings. The number of carbonyl (C=O) groups excluding carboxylic acids is 1. The van der Waals surface area contributed by atoms with Gasteiger partial charge >= 0.3 is 6.03 Å². The van der Waals surface area contributed by atoms with Gasteiger partial charge in [0.2, 0.25) is 0 Å². The van der Waals surface area contributed by atoms with Crippen LogP contribution in [0.5, 0.6) is 0 Å². The Kier molecular flexibility index (Phi) is 6.02. The number of urea groups is 1. The molecule has 0 aliphatic rings. The minimum Gasteiger partial charge on any atom is -0.396 e. The molecule has 0 unspecified atom stereocenters. The summed E-state index contributed by atoms with van der Waals surface area (Å²) in [6.07, 6.45) is 0.595. The summed E-state index contributed by atoms with van der Waals surface area (Å²) in [6, 6.07) is 7.63. The predicted octanol–water partition coefficient (Wildman–Crippen LogP) is 3.26. The quantitative estimate of drug-likeness (QED) is 0.868. The first-order valence-corrected chi connectivity index (χ1v) is 7.05. The smallest absolute Gasteiger partial charge is 0.321 e. The van der Waals surface area contributed by atoms with Gasteiger partial charge in [0, 0.05) is 25.4 Å². The number of aliphatic hydroxyl groups is 1. The summed E-state index contributed by atoms with van der Waals surface area (Å²) in [5.74, 6) is 0. The monoisotopic (exact) mass is 278 g/mol. The Balaban J connectivity index is 2.71. The number of amides is 2. The van der Waals surface area contributed by atoms with Crippen molar-refractivity contribution < 1.29 is 9.90 Å². The Morgan fingerprint density at radius 3 is 2.60 bits per heavy atom. The van der Waals surface area contributed by atoms with Crippen LogP contribution >= 0.6 is 0 Å². The second-order valence-electron chi connectivity index (χ2n) is 6.36. The third kappa shape index (κ3) is 6.06. The molecule has 0 aliphatic carbocycles. The molecule has 2 amide bonds. The molecule has 20 heavy (non-hydrogen) atoms. The zero-order valence-electron chi connectivity index (χ0n) is 12.9. The summed E-state index contributed by atoms with van der Waals surface area (Å²) < 4.78 is 0. The van der Waals surface area contributed by atoms with E-state index in [-0.39, 0.29) is 18.1 Å². The lowest BCUT2D eigenvalue weighted by Crippen LogP contribution is -2.41. The molecule has 4 nitrogen and oxygen atoms in total. The molecule has 0 saturated carbocycles. The van der Waals surface area contributed by atoms with E-state index >= 15 is 0 Å². The van der Waals surface area contributed by atoms with Crippen LogP contribution in [0, 0.1) is 12.3 Å². The van der Waals surface area contributed by atoms with Crippen LogP contribution in [0.3, 0.4) is 0 Å². The largest absolute Gasteiger partial charge is 0.396 e. The van der Waals surface area contributed by atoms with Crippen LogP contribution in [0.25, 0.3) is 0 Å². The van der Waals surface area contributed by atoms with Gasteiger partial charge in [-0.3, -0.25) is 0 Å². The summed E-state index contributed by atoms with van der Waals surface area (Å²) in [6.45, 7) is 9.60. The standard InChI is InChI=1S/C16H26N2O2/c1-13-7-5-8-14(11-13)17-15(20)18(9-6-10-19)12-16(2,3)4/h5,7-8,11,19H,6,9-10,12H2,1-4H3,(H,17,20). The van der Waals surface area contributed by atoms with Gasteiger partial charge in [-0.15, -0.1) is 0 Å². The van der Waals surface area contributed by atoms with Crippen LogP contribution in [-0.2, 0) is 0 Å². The summed E-state index contributed by atoms with van der Waals surface area (Å²) in [5, 5.41) is 11.9. The van der Waals surface area contributed by atoms with Crippen molar-refractivity contribution in [3.05, 3.63) is 29.8 Å². The number of aryl methyl sites for hydroxylation is 1. The van der Waals surface area contributed by atoms with Crippen LogP contribution in [0.2, 0.25) is 0 Å². The first kappa shape index (κ1) is 16.5. The number of hydrogen-bond acceptors (Lipinski definition) is 2. The SMILES string of the molecule is Cc1cccc(NC(=O)N(CCCO)CC(C)(C)C)c1. The number of nitrogens with one attached hydrogen (secondary N) is 1. The molecule has 0 aromatic heterocycles. The maximum Gasteiger partial charge on any atom is 0.321 e. The van der Waals surface area contributed by atoms with Crippen molar-refractivity contribution in [3.63, 3.8) is 0 Å². The van der Waals surface area contributed by atoms with Crippen molar-refractivity contribution in [2.24, 2.45) is 5.41 Å². The van der Waals surface area contributed by atoms with Gasteiger partial charge in [-0.2, -0.15) is 0 Å². The van der Waals surface area contributed by atoms with Gasteiger partial charge in [0.25, 0.3) is 0 Å². The fourth-order valence-corrected chi connectivity index (χ4v) is 2.01. The van der Waals surface area contributed by atoms with Crippen molar-refractivity contribution in [2.45, 2.75) is 34.1 Å². The Morgan fingerprint density at radius 1 is 1.35 bits per heavy atom. The first-order valence-electron chi connectivity index (χ1n) is 7.05. The van der Waals surface area contributed by atoms with Crippen molar-refractivity contribution in [3.8, 4) is 0 Å². The Bertz CT molecular complexity index is 438. The minimum atomic E-state index is -0.112. The van der Waals surface area contributed by atoms with E-state index in [1.54, 1.807) is 4.90 Å². The molecule has 1 aromatic rings. The minimum absolute atomic E-state index is 0.0272. The second kappa shape index (κ2) is 7.29. The lowest BCUT2D eigenvalue weighted by Gasteiger charge is -2.30. The number of aliphatic hydroxyl groups excluding tert-OH is 1. The summed E-state index contributed by atoms with van der Waals surface area (Å²) in [4.78, 5) is 14.1. The van der Waals surface area contributed by atoms with Crippen LogP contribution in [0.1, 0.15) is 32.8 Å². The third-order valence-electron chi connectivity index (χ3n) is 2.81. The lowest BCUT2D eigenvalue weighted by atomic mass is 9.96. The first-order chi connectivity index (χ1) is 9.31. The van der Waals surface area contributed by atoms with Crippen LogP contribution in [0.15, 0.2) is 24.3 Å². The normalized spacial score (nSPS) is 11.2. The van der Waals surface area contributed by atoms with E-state index in [4.69, 9.17) is 5.11 Å². The topological polar surface area (TPSA) is 52.6 Å². The maximum atomic E-state index is 12.3. The highest BCUT2D eigenvalue weighted by molar-refractivity contribution is 5.89. The van der Waals surface area contributed by atoms with Gasteiger partial charge in [0.15, 0.2) is 0 Å². The maximum absolute atomic E-state index is 12.3. The van der Waals surface area contributed by atoms with Crippen molar-refractivity contribution >= 4 is 11.7 Å². The van der Waals surface area contributed by atoms with Gasteiger partial charge in [-0.25, -0.2) is 4.79 Å². The third-order valence-corrected chi connectivity index (χ3v) is 2.81. The number of rotatable bonds is 5. The van der Waals surface area contributed by atoms with Gasteiger partial charge in [-0.05, 0) is 36.5 Å². The Labute approximate surface area is 121 Å². The molecule has 0 bridgehead atoms. The number of carbonyl (C=O) groups is 1. The molecule has 112 valence electrons. The van der Waals surface area contributed by atoms with E-state index < -0.39 is 0 Å². The molecule has 0 atom stereocenters. The fraction of sp³-hybridized carbons (Fsp3) is 0.562. The zero-order valence-corrected chi connectivity index (χ0v) is 12.9. The fourth-order valence-electron chi connectivity index (χ4n) is 2.01. The van der Waals surface area contributed by atoms with E-state index in [2.05, 4.69) is 26.1 Å². The number of hydrogen-bond donors (Lipinski definition) is 2. The molecule has 0 radical (unpaired) electrons. The van der Waals surface area contributed by atoms with Gasteiger partial charge in [-0.1, -0.05) is 32.9 Å². The van der Waals surface area contributed by atoms with Crippen molar-refractivity contribution in [1.29, 1.82) is 0 Å². The van der Waals surface area contributed by atoms with E-state index in [1.807, 2.05) is 31.2 Å². The molecular weight excluding hydrogens is 252 g/mol. The highest BCUT2D eigenvalue weighted by Crippen LogP contribution is 2.17. The average Bonchev–Trinajstić information content (AvgIpc) is 2.33. The number of nitrogens with zero attached hydrogens (tertiary/aromatic N) is 1. The van der Waals surface area contributed by atoms with Crippen molar-refractivity contribution in [1.82, 2.24) is 4.90 Å². The number of anilines is 1. The summed E-state index contributed by atoms with van der Waals surface area (Å²) in [5.41, 5.74) is 1.94. The van der Waals surface area contributed by atoms with E-state index in [0.717, 1.165) is 11.3 Å². The summed E-state index contributed by atoms with van der Waals surface area (Å²) >= 11 is 0. The van der Waals surface area contributed by atoms with E-state index in [9.17, 15) is 4.79 Å². The summed E-state index contributed by atoms with van der Waals surface area (Å²) in [7, 11) is 0. The predicted molar refractivity (Wildman–Crippen MR) is 82.9 cm³/mol. The van der Waals surface area contributed by atoms with Crippen LogP contribution in [-0.4, -0.2) is 35.7 Å². The average molecular weight is 278 g/mol. The Hall–Kier alpha value is -1.55. The molecule has 1 aromatic carbocycles. The van der Waals surface area contributed by atoms with Crippen LogP contribution < -0.4 is 5.32 Å². The number of benzene rings is 1. The van der Waals surface area contributed by atoms with Crippen molar-refractivity contribution in [2.75, 3.05) is 25.0 Å². The molecule has 0 aliphatic heterocycles. The Morgan fingerprint density at radius 2 is 2.05 bits per heavy atom. The molecule has 1 rings (SSSR count). The van der Waals surface area contributed by atoms with Gasteiger partial charge in [0.05, 0.1) is 0 Å². The zero-order chi connectivity index (χ0) is 15.2. The molecular formula is C16H26N2O2. The second-order valence-corrected chi connectivity index (χ2v) is 6.36. The molecule has 2 N–H and O–H groups in total. The van der Waals surface area contributed by atoms with Gasteiger partial charge in [0.1, 0.15) is 0 Å². The lowest BCUT2D eigenvalue weighted by molar-refractivity contribution is 0.176. The van der Waals surface area contributed by atoms with Gasteiger partial charge < -0.3 is 15.3 Å². The highest BCUT2D eigenvalue weighted by atomic mass is 16.3. The highest BCUT2D eigenvalue weighted by Gasteiger charge is 2.20.